The molecular weight excluding hydrogens is 261 g/mol. The van der Waals surface area contributed by atoms with Crippen LogP contribution in [-0.2, 0) is 22.6 Å². The molecule has 2 heterocycles. The van der Waals surface area contributed by atoms with E-state index < -0.39 is 6.67 Å². The molecule has 0 bridgehead atoms. The van der Waals surface area contributed by atoms with E-state index in [0.717, 1.165) is 12.3 Å². The van der Waals surface area contributed by atoms with Crippen LogP contribution in [0.5, 0.6) is 0 Å². The van der Waals surface area contributed by atoms with Crippen molar-refractivity contribution in [3.05, 3.63) is 18.0 Å². The topological polar surface area (TPSA) is 47.4 Å². The van der Waals surface area contributed by atoms with Gasteiger partial charge < -0.3 is 9.64 Å². The zero-order chi connectivity index (χ0) is 13.9. The summed E-state index contributed by atoms with van der Waals surface area (Å²) in [5.41, 5.74) is 0.981. The van der Waals surface area contributed by atoms with Gasteiger partial charge in [0.1, 0.15) is 0 Å². The third-order valence-electron chi connectivity index (χ3n) is 3.88. The summed E-state index contributed by atoms with van der Waals surface area (Å²) in [5.74, 6) is 0.535. The fraction of sp³-hybridized carbons (Fsp3) is 0.714. The fourth-order valence-corrected chi connectivity index (χ4v) is 2.51. The first-order valence-electron chi connectivity index (χ1n) is 7.22. The van der Waals surface area contributed by atoms with Crippen molar-refractivity contribution in [1.82, 2.24) is 14.7 Å². The van der Waals surface area contributed by atoms with Crippen LogP contribution in [0.1, 0.15) is 25.0 Å². The molecule has 0 N–H and O–H groups in total. The van der Waals surface area contributed by atoms with Gasteiger partial charge in [-0.15, -0.1) is 0 Å². The number of nitrogens with zero attached hydrogens (tertiary/aromatic N) is 3. The third kappa shape index (κ3) is 3.17. The number of ether oxygens (including phenoxy) is 1. The van der Waals surface area contributed by atoms with Gasteiger partial charge in [0.2, 0.25) is 5.91 Å². The predicted octanol–water partition coefficient (Wildman–Crippen LogP) is 1.38. The van der Waals surface area contributed by atoms with E-state index >= 15 is 0 Å². The molecule has 0 aromatic carbocycles. The normalized spacial score (nSPS) is 22.4. The molecule has 1 aromatic heterocycles. The van der Waals surface area contributed by atoms with Crippen LogP contribution < -0.4 is 0 Å². The second-order valence-corrected chi connectivity index (χ2v) is 5.62. The van der Waals surface area contributed by atoms with E-state index in [-0.39, 0.29) is 18.4 Å². The van der Waals surface area contributed by atoms with Crippen molar-refractivity contribution < 1.29 is 13.9 Å². The lowest BCUT2D eigenvalue weighted by Crippen LogP contribution is -2.37. The molecule has 0 spiro atoms. The van der Waals surface area contributed by atoms with Crippen molar-refractivity contribution in [2.75, 3.05) is 19.8 Å². The lowest BCUT2D eigenvalue weighted by molar-refractivity contribution is -0.134. The molecule has 110 valence electrons. The molecule has 6 heteroatoms. The van der Waals surface area contributed by atoms with Gasteiger partial charge >= 0.3 is 0 Å². The first-order chi connectivity index (χ1) is 9.76. The standard InChI is InChI=1S/C14H20FN3O2/c15-5-3-14(19)17-7-12-4-6-16-18(12)9-13(8-17)20-10-11-1-2-11/h4,6,11,13H,1-3,5,7-10H2/t13-/m0/s1. The monoisotopic (exact) mass is 281 g/mol. The van der Waals surface area contributed by atoms with E-state index in [4.69, 9.17) is 4.74 Å². The van der Waals surface area contributed by atoms with Crippen LogP contribution in [0.2, 0.25) is 0 Å². The fourth-order valence-electron chi connectivity index (χ4n) is 2.51. The van der Waals surface area contributed by atoms with Crippen molar-refractivity contribution in [2.45, 2.75) is 38.5 Å². The molecule has 1 amide bonds. The van der Waals surface area contributed by atoms with E-state index in [0.29, 0.717) is 25.6 Å². The Hall–Kier alpha value is -1.43. The average molecular weight is 281 g/mol. The molecule has 1 atom stereocenters. The average Bonchev–Trinajstić information content (AvgIpc) is 3.20. The molecule has 1 aromatic rings. The Morgan fingerprint density at radius 1 is 1.45 bits per heavy atom. The number of fused-ring (bicyclic) bond motifs is 1. The molecule has 0 saturated heterocycles. The lowest BCUT2D eigenvalue weighted by Gasteiger charge is -2.24. The quantitative estimate of drug-likeness (QED) is 0.819. The largest absolute Gasteiger partial charge is 0.374 e. The minimum atomic E-state index is -0.609. The minimum Gasteiger partial charge on any atom is -0.374 e. The number of carbonyl (C=O) groups is 1. The Kier molecular flexibility index (Phi) is 4.00. The summed E-state index contributed by atoms with van der Waals surface area (Å²) in [7, 11) is 0. The number of rotatable bonds is 5. The number of hydrogen-bond donors (Lipinski definition) is 0. The summed E-state index contributed by atoms with van der Waals surface area (Å²) >= 11 is 0. The summed E-state index contributed by atoms with van der Waals surface area (Å²) < 4.78 is 20.2. The van der Waals surface area contributed by atoms with Gasteiger partial charge in [0, 0.05) is 19.3 Å². The van der Waals surface area contributed by atoms with E-state index in [1.54, 1.807) is 11.1 Å². The number of aromatic nitrogens is 2. The SMILES string of the molecule is O=C(CCF)N1Cc2ccnn2C[C@@H](OCC2CC2)C1. The van der Waals surface area contributed by atoms with Crippen molar-refractivity contribution in [3.63, 3.8) is 0 Å². The van der Waals surface area contributed by atoms with Crippen molar-refractivity contribution in [3.8, 4) is 0 Å². The Bertz CT molecular complexity index is 473. The van der Waals surface area contributed by atoms with Gasteiger partial charge in [-0.05, 0) is 24.8 Å². The molecule has 5 nitrogen and oxygen atoms in total. The van der Waals surface area contributed by atoms with Gasteiger partial charge in [-0.1, -0.05) is 0 Å². The lowest BCUT2D eigenvalue weighted by atomic mass is 10.3. The summed E-state index contributed by atoms with van der Waals surface area (Å²) in [4.78, 5) is 13.7. The molecule has 1 fully saturated rings. The summed E-state index contributed by atoms with van der Waals surface area (Å²) in [5, 5.41) is 4.27. The smallest absolute Gasteiger partial charge is 0.225 e. The minimum absolute atomic E-state index is 0.0521. The molecule has 1 aliphatic carbocycles. The van der Waals surface area contributed by atoms with Crippen LogP contribution in [0, 0.1) is 5.92 Å². The first-order valence-corrected chi connectivity index (χ1v) is 7.22. The Morgan fingerprint density at radius 3 is 3.05 bits per heavy atom. The highest BCUT2D eigenvalue weighted by atomic mass is 19.1. The third-order valence-corrected chi connectivity index (χ3v) is 3.88. The maximum absolute atomic E-state index is 12.4. The summed E-state index contributed by atoms with van der Waals surface area (Å²) in [6.45, 7) is 1.82. The van der Waals surface area contributed by atoms with Gasteiger partial charge in [0.05, 0.1) is 38.0 Å². The maximum atomic E-state index is 12.4. The van der Waals surface area contributed by atoms with E-state index in [2.05, 4.69) is 5.10 Å². The van der Waals surface area contributed by atoms with Crippen molar-refractivity contribution in [2.24, 2.45) is 5.92 Å². The molecule has 0 radical (unpaired) electrons. The second kappa shape index (κ2) is 5.91. The molecule has 20 heavy (non-hydrogen) atoms. The van der Waals surface area contributed by atoms with E-state index in [1.807, 2.05) is 10.7 Å². The molecule has 2 aliphatic rings. The maximum Gasteiger partial charge on any atom is 0.225 e. The van der Waals surface area contributed by atoms with E-state index in [1.165, 1.54) is 12.8 Å². The number of halogens is 1. The van der Waals surface area contributed by atoms with Crippen LogP contribution in [-0.4, -0.2) is 46.5 Å². The zero-order valence-corrected chi connectivity index (χ0v) is 11.5. The number of hydrogen-bond acceptors (Lipinski definition) is 3. The van der Waals surface area contributed by atoms with Gasteiger partial charge in [-0.25, -0.2) is 0 Å². The van der Waals surface area contributed by atoms with Crippen LogP contribution in [0.3, 0.4) is 0 Å². The van der Waals surface area contributed by atoms with Crippen LogP contribution in [0.25, 0.3) is 0 Å². The summed E-state index contributed by atoms with van der Waals surface area (Å²) in [6, 6.07) is 1.90. The molecule has 1 aliphatic heterocycles. The molecular formula is C14H20FN3O2. The Balaban J connectivity index is 1.69. The van der Waals surface area contributed by atoms with Gasteiger partial charge in [0.15, 0.2) is 0 Å². The Morgan fingerprint density at radius 2 is 2.30 bits per heavy atom. The van der Waals surface area contributed by atoms with Crippen molar-refractivity contribution in [1.29, 1.82) is 0 Å². The van der Waals surface area contributed by atoms with Crippen LogP contribution >= 0.6 is 0 Å². The molecule has 3 rings (SSSR count). The number of carbonyl (C=O) groups excluding carboxylic acids is 1. The van der Waals surface area contributed by atoms with Crippen LogP contribution in [0.15, 0.2) is 12.3 Å². The first kappa shape index (κ1) is 13.5. The van der Waals surface area contributed by atoms with Crippen molar-refractivity contribution >= 4 is 5.91 Å². The highest BCUT2D eigenvalue weighted by Gasteiger charge is 2.28. The van der Waals surface area contributed by atoms with Crippen LogP contribution in [0.4, 0.5) is 4.39 Å². The molecule has 0 unspecified atom stereocenters. The van der Waals surface area contributed by atoms with E-state index in [9.17, 15) is 9.18 Å². The summed E-state index contributed by atoms with van der Waals surface area (Å²) in [6.07, 6.45) is 4.11. The highest BCUT2D eigenvalue weighted by Crippen LogP contribution is 2.29. The highest BCUT2D eigenvalue weighted by molar-refractivity contribution is 5.76. The second-order valence-electron chi connectivity index (χ2n) is 5.62. The molecule has 1 saturated carbocycles. The van der Waals surface area contributed by atoms with Gasteiger partial charge in [-0.2, -0.15) is 5.10 Å². The number of alkyl halides is 1. The predicted molar refractivity (Wildman–Crippen MR) is 70.7 cm³/mol. The van der Waals surface area contributed by atoms with Gasteiger partial charge in [0.25, 0.3) is 0 Å². The number of amides is 1. The zero-order valence-electron chi connectivity index (χ0n) is 11.5. The van der Waals surface area contributed by atoms with Gasteiger partial charge in [-0.3, -0.25) is 13.9 Å². The Labute approximate surface area is 117 Å².